The Balaban J connectivity index is 2.69. The van der Waals surface area contributed by atoms with Gasteiger partial charge in [-0.3, -0.25) is 4.79 Å². The van der Waals surface area contributed by atoms with Crippen molar-refractivity contribution in [2.45, 2.75) is 39.7 Å². The number of aromatic carboxylic acids is 1. The van der Waals surface area contributed by atoms with Crippen LogP contribution in [0, 0.1) is 0 Å². The summed E-state index contributed by atoms with van der Waals surface area (Å²) >= 11 is 0. The van der Waals surface area contributed by atoms with E-state index in [1.165, 1.54) is 12.1 Å². The summed E-state index contributed by atoms with van der Waals surface area (Å²) in [4.78, 5) is 23.4. The van der Waals surface area contributed by atoms with Gasteiger partial charge in [-0.15, -0.1) is 0 Å². The van der Waals surface area contributed by atoms with E-state index in [9.17, 15) is 14.7 Å². The number of fused-ring (bicyclic) bond motifs is 1. The molecule has 0 bridgehead atoms. The number of carboxylic acids is 1. The van der Waals surface area contributed by atoms with Gasteiger partial charge in [0, 0.05) is 18.0 Å². The van der Waals surface area contributed by atoms with Crippen molar-refractivity contribution < 1.29 is 14.6 Å². The SMILES string of the molecule is CCCCn1c(=O)ccc2cc(C(=O)O)cc(OCCC)c21. The van der Waals surface area contributed by atoms with E-state index in [4.69, 9.17) is 4.74 Å². The van der Waals surface area contributed by atoms with Crippen LogP contribution in [0.1, 0.15) is 43.5 Å². The van der Waals surface area contributed by atoms with Gasteiger partial charge in [-0.25, -0.2) is 4.79 Å². The van der Waals surface area contributed by atoms with Crippen molar-refractivity contribution in [2.24, 2.45) is 0 Å². The number of ether oxygens (including phenoxy) is 1. The topological polar surface area (TPSA) is 68.5 Å². The first-order valence-corrected chi connectivity index (χ1v) is 7.62. The third kappa shape index (κ3) is 3.30. The van der Waals surface area contributed by atoms with Gasteiger partial charge in [0.2, 0.25) is 0 Å². The fourth-order valence-corrected chi connectivity index (χ4v) is 2.39. The molecule has 1 aromatic heterocycles. The number of benzene rings is 1. The maximum Gasteiger partial charge on any atom is 0.335 e. The second-order valence-electron chi connectivity index (χ2n) is 5.24. The van der Waals surface area contributed by atoms with Gasteiger partial charge in [0.25, 0.3) is 5.56 Å². The molecular weight excluding hydrogens is 282 g/mol. The van der Waals surface area contributed by atoms with E-state index in [0.29, 0.717) is 29.8 Å². The van der Waals surface area contributed by atoms with Crippen LogP contribution < -0.4 is 10.3 Å². The van der Waals surface area contributed by atoms with Gasteiger partial charge in [0.15, 0.2) is 0 Å². The lowest BCUT2D eigenvalue weighted by molar-refractivity contribution is 0.0696. The number of aromatic nitrogens is 1. The van der Waals surface area contributed by atoms with Gasteiger partial charge in [0.1, 0.15) is 5.75 Å². The molecule has 0 aliphatic carbocycles. The molecule has 2 rings (SSSR count). The van der Waals surface area contributed by atoms with E-state index in [0.717, 1.165) is 19.3 Å². The average molecular weight is 303 g/mol. The number of carbonyl (C=O) groups is 1. The maximum atomic E-state index is 12.2. The van der Waals surface area contributed by atoms with E-state index >= 15 is 0 Å². The van der Waals surface area contributed by atoms with Gasteiger partial charge in [-0.1, -0.05) is 20.3 Å². The average Bonchev–Trinajstić information content (AvgIpc) is 2.51. The van der Waals surface area contributed by atoms with Crippen LogP contribution >= 0.6 is 0 Å². The number of hydrogen-bond acceptors (Lipinski definition) is 3. The van der Waals surface area contributed by atoms with Crippen LogP contribution in [0.15, 0.2) is 29.1 Å². The largest absolute Gasteiger partial charge is 0.491 e. The monoisotopic (exact) mass is 303 g/mol. The summed E-state index contributed by atoms with van der Waals surface area (Å²) in [5, 5.41) is 9.95. The summed E-state index contributed by atoms with van der Waals surface area (Å²) in [5.74, 6) is -0.542. The second-order valence-corrected chi connectivity index (χ2v) is 5.24. The molecule has 0 aliphatic heterocycles. The van der Waals surface area contributed by atoms with E-state index in [2.05, 4.69) is 6.92 Å². The minimum atomic E-state index is -1.01. The fourth-order valence-electron chi connectivity index (χ4n) is 2.39. The highest BCUT2D eigenvalue weighted by molar-refractivity contribution is 5.96. The molecule has 0 atom stereocenters. The Labute approximate surface area is 129 Å². The van der Waals surface area contributed by atoms with Crippen LogP contribution in [-0.2, 0) is 6.54 Å². The quantitative estimate of drug-likeness (QED) is 0.852. The Hall–Kier alpha value is -2.30. The Morgan fingerprint density at radius 1 is 1.23 bits per heavy atom. The summed E-state index contributed by atoms with van der Waals surface area (Å²) in [5.41, 5.74) is 0.754. The summed E-state index contributed by atoms with van der Waals surface area (Å²) < 4.78 is 7.39. The fraction of sp³-hybridized carbons (Fsp3) is 0.412. The molecule has 5 heteroatoms. The van der Waals surface area contributed by atoms with Crippen LogP contribution in [-0.4, -0.2) is 22.2 Å². The molecule has 0 spiro atoms. The number of pyridine rings is 1. The number of hydrogen-bond donors (Lipinski definition) is 1. The summed E-state index contributed by atoms with van der Waals surface area (Å²) in [6.45, 7) is 5.12. The molecule has 0 radical (unpaired) electrons. The lowest BCUT2D eigenvalue weighted by Gasteiger charge is -2.15. The smallest absolute Gasteiger partial charge is 0.335 e. The Morgan fingerprint density at radius 2 is 2.00 bits per heavy atom. The second kappa shape index (κ2) is 7.11. The number of aryl methyl sites for hydroxylation is 1. The molecule has 5 nitrogen and oxygen atoms in total. The van der Waals surface area contributed by atoms with Crippen molar-refractivity contribution in [1.29, 1.82) is 0 Å². The van der Waals surface area contributed by atoms with Crippen LogP contribution in [0.4, 0.5) is 0 Å². The molecule has 0 aliphatic rings. The van der Waals surface area contributed by atoms with Gasteiger partial charge in [0.05, 0.1) is 17.7 Å². The molecule has 118 valence electrons. The Bertz CT molecular complexity index is 733. The molecule has 1 aromatic carbocycles. The van der Waals surface area contributed by atoms with Gasteiger partial charge in [-0.2, -0.15) is 0 Å². The predicted molar refractivity (Wildman–Crippen MR) is 85.9 cm³/mol. The van der Waals surface area contributed by atoms with E-state index in [1.54, 1.807) is 16.7 Å². The van der Waals surface area contributed by atoms with Crippen LogP contribution in [0.3, 0.4) is 0 Å². The normalized spacial score (nSPS) is 10.8. The summed E-state index contributed by atoms with van der Waals surface area (Å²) in [7, 11) is 0. The van der Waals surface area contributed by atoms with Crippen LogP contribution in [0.25, 0.3) is 10.9 Å². The lowest BCUT2D eigenvalue weighted by Crippen LogP contribution is -2.20. The highest BCUT2D eigenvalue weighted by Gasteiger charge is 2.14. The van der Waals surface area contributed by atoms with Crippen molar-refractivity contribution in [2.75, 3.05) is 6.61 Å². The predicted octanol–water partition coefficient (Wildman–Crippen LogP) is 3.29. The molecule has 0 saturated carbocycles. The highest BCUT2D eigenvalue weighted by atomic mass is 16.5. The molecule has 0 fully saturated rings. The van der Waals surface area contributed by atoms with Crippen molar-refractivity contribution in [3.63, 3.8) is 0 Å². The van der Waals surface area contributed by atoms with E-state index in [1.807, 2.05) is 6.92 Å². The van der Waals surface area contributed by atoms with Gasteiger partial charge in [-0.05, 0) is 31.0 Å². The minimum absolute atomic E-state index is 0.0922. The molecule has 0 unspecified atom stereocenters. The standard InChI is InChI=1S/C17H21NO4/c1-3-5-8-18-15(19)7-6-12-10-13(17(20)21)11-14(16(12)18)22-9-4-2/h6-7,10-11H,3-5,8-9H2,1-2H3,(H,20,21). The van der Waals surface area contributed by atoms with Crippen LogP contribution in [0.5, 0.6) is 5.75 Å². The van der Waals surface area contributed by atoms with Crippen molar-refractivity contribution in [1.82, 2.24) is 4.57 Å². The van der Waals surface area contributed by atoms with E-state index < -0.39 is 5.97 Å². The molecule has 22 heavy (non-hydrogen) atoms. The first-order chi connectivity index (χ1) is 10.6. The van der Waals surface area contributed by atoms with Crippen LogP contribution in [0.2, 0.25) is 0 Å². The van der Waals surface area contributed by atoms with E-state index in [-0.39, 0.29) is 11.1 Å². The minimum Gasteiger partial charge on any atom is -0.491 e. The maximum absolute atomic E-state index is 12.2. The number of rotatable bonds is 7. The third-order valence-corrected chi connectivity index (χ3v) is 3.49. The zero-order chi connectivity index (χ0) is 16.1. The van der Waals surface area contributed by atoms with Crippen molar-refractivity contribution in [3.05, 3.63) is 40.2 Å². The summed E-state index contributed by atoms with van der Waals surface area (Å²) in [6, 6.07) is 6.22. The highest BCUT2D eigenvalue weighted by Crippen LogP contribution is 2.27. The molecule has 0 amide bonds. The number of nitrogens with zero attached hydrogens (tertiary/aromatic N) is 1. The van der Waals surface area contributed by atoms with Crippen molar-refractivity contribution in [3.8, 4) is 5.75 Å². The van der Waals surface area contributed by atoms with Gasteiger partial charge < -0.3 is 14.4 Å². The zero-order valence-electron chi connectivity index (χ0n) is 13.0. The number of carboxylic acid groups (broad SMARTS) is 1. The molecule has 0 saturated heterocycles. The number of unbranched alkanes of at least 4 members (excludes halogenated alkanes) is 1. The Morgan fingerprint density at radius 3 is 2.64 bits per heavy atom. The zero-order valence-corrected chi connectivity index (χ0v) is 13.0. The molecule has 1 heterocycles. The third-order valence-electron chi connectivity index (χ3n) is 3.49. The first-order valence-electron chi connectivity index (χ1n) is 7.62. The molecule has 1 N–H and O–H groups in total. The summed E-state index contributed by atoms with van der Waals surface area (Å²) in [6.07, 6.45) is 2.67. The van der Waals surface area contributed by atoms with Gasteiger partial charge >= 0.3 is 5.97 Å². The Kier molecular flexibility index (Phi) is 5.20. The lowest BCUT2D eigenvalue weighted by atomic mass is 10.1. The molecule has 2 aromatic rings. The molecular formula is C17H21NO4. The first kappa shape index (κ1) is 16.1. The van der Waals surface area contributed by atoms with Crippen molar-refractivity contribution >= 4 is 16.9 Å².